The summed E-state index contributed by atoms with van der Waals surface area (Å²) in [6.45, 7) is 1.42. The van der Waals surface area contributed by atoms with Gasteiger partial charge in [0.1, 0.15) is 0 Å². The highest BCUT2D eigenvalue weighted by atomic mass is 16.5. The number of aliphatic hydroxyl groups excluding tert-OH is 1. The molecule has 6 heteroatoms. The smallest absolute Gasteiger partial charge is 0.153 e. The maximum atomic E-state index is 8.63. The number of rotatable bonds is 6. The Morgan fingerprint density at radius 2 is 2.38 bits per heavy atom. The van der Waals surface area contributed by atoms with Crippen LogP contribution in [0.3, 0.4) is 0 Å². The van der Waals surface area contributed by atoms with Crippen molar-refractivity contribution in [3.63, 3.8) is 0 Å². The highest BCUT2D eigenvalue weighted by Crippen LogP contribution is 1.95. The van der Waals surface area contributed by atoms with Crippen LogP contribution in [-0.2, 0) is 17.7 Å². The lowest BCUT2D eigenvalue weighted by Crippen LogP contribution is -2.09. The van der Waals surface area contributed by atoms with Crippen molar-refractivity contribution >= 4 is 0 Å². The number of ether oxygens (including phenoxy) is 1. The molecule has 0 spiro atoms. The minimum Gasteiger partial charge on any atom is -0.396 e. The monoisotopic (exact) mass is 186 g/mol. The summed E-state index contributed by atoms with van der Waals surface area (Å²) in [5.41, 5.74) is 0. The summed E-state index contributed by atoms with van der Waals surface area (Å²) in [4.78, 5) is 0. The van der Waals surface area contributed by atoms with Gasteiger partial charge >= 0.3 is 0 Å². The first-order chi connectivity index (χ1) is 6.38. The molecule has 1 heterocycles. The molecule has 0 aliphatic heterocycles. The van der Waals surface area contributed by atoms with Gasteiger partial charge in [-0.25, -0.2) is 4.68 Å². The van der Waals surface area contributed by atoms with Gasteiger partial charge < -0.3 is 9.84 Å². The molecular formula is C7H14N4O2. The first-order valence-electron chi connectivity index (χ1n) is 4.23. The van der Waals surface area contributed by atoms with Crippen LogP contribution in [0.4, 0.5) is 0 Å². The van der Waals surface area contributed by atoms with Gasteiger partial charge in [-0.2, -0.15) is 0 Å². The Morgan fingerprint density at radius 3 is 3.08 bits per heavy atom. The minimum absolute atomic E-state index is 0.156. The molecule has 0 saturated carbocycles. The van der Waals surface area contributed by atoms with Gasteiger partial charge in [-0.05, 0) is 16.8 Å². The van der Waals surface area contributed by atoms with E-state index in [9.17, 15) is 0 Å². The summed E-state index contributed by atoms with van der Waals surface area (Å²) in [7, 11) is 1.64. The molecule has 74 valence electrons. The number of aromatic nitrogens is 4. The van der Waals surface area contributed by atoms with Crippen molar-refractivity contribution in [1.82, 2.24) is 20.2 Å². The molecule has 1 aromatic heterocycles. The van der Waals surface area contributed by atoms with Crippen molar-refractivity contribution < 1.29 is 9.84 Å². The van der Waals surface area contributed by atoms with Crippen molar-refractivity contribution in [2.75, 3.05) is 20.3 Å². The first-order valence-corrected chi connectivity index (χ1v) is 4.23. The second-order valence-corrected chi connectivity index (χ2v) is 2.64. The van der Waals surface area contributed by atoms with Crippen LogP contribution >= 0.6 is 0 Å². The number of aliphatic hydroxyl groups is 1. The van der Waals surface area contributed by atoms with E-state index in [1.807, 2.05) is 0 Å². The lowest BCUT2D eigenvalue weighted by molar-refractivity contribution is 0.198. The van der Waals surface area contributed by atoms with E-state index in [0.717, 1.165) is 5.82 Å². The molecule has 0 aromatic carbocycles. The van der Waals surface area contributed by atoms with Crippen LogP contribution in [-0.4, -0.2) is 45.6 Å². The van der Waals surface area contributed by atoms with Gasteiger partial charge in [0.2, 0.25) is 0 Å². The fraction of sp³-hybridized carbons (Fsp3) is 0.857. The molecule has 0 radical (unpaired) electrons. The Hall–Kier alpha value is -1.01. The van der Waals surface area contributed by atoms with Crippen molar-refractivity contribution in [1.29, 1.82) is 0 Å². The molecular weight excluding hydrogens is 172 g/mol. The van der Waals surface area contributed by atoms with Crippen molar-refractivity contribution in [2.45, 2.75) is 19.4 Å². The molecule has 0 atom stereocenters. The Labute approximate surface area is 76.5 Å². The molecule has 0 bridgehead atoms. The zero-order valence-corrected chi connectivity index (χ0v) is 7.68. The van der Waals surface area contributed by atoms with Crippen LogP contribution < -0.4 is 0 Å². The molecule has 6 nitrogen and oxygen atoms in total. The van der Waals surface area contributed by atoms with Crippen LogP contribution in [0.25, 0.3) is 0 Å². The molecule has 0 saturated heterocycles. The third-order valence-electron chi connectivity index (χ3n) is 1.66. The molecule has 0 amide bonds. The third-order valence-corrected chi connectivity index (χ3v) is 1.66. The molecule has 1 N–H and O–H groups in total. The number of aryl methyl sites for hydroxylation is 1. The fourth-order valence-corrected chi connectivity index (χ4v) is 0.990. The van der Waals surface area contributed by atoms with E-state index >= 15 is 0 Å². The summed E-state index contributed by atoms with van der Waals surface area (Å²) >= 11 is 0. The van der Waals surface area contributed by atoms with Crippen LogP contribution in [0.2, 0.25) is 0 Å². The highest BCUT2D eigenvalue weighted by molar-refractivity contribution is 4.80. The van der Waals surface area contributed by atoms with E-state index in [1.54, 1.807) is 11.8 Å². The largest absolute Gasteiger partial charge is 0.396 e. The van der Waals surface area contributed by atoms with Gasteiger partial charge in [0, 0.05) is 26.7 Å². The van der Waals surface area contributed by atoms with Gasteiger partial charge in [-0.15, -0.1) is 5.10 Å². The highest BCUT2D eigenvalue weighted by Gasteiger charge is 2.04. The average molecular weight is 186 g/mol. The van der Waals surface area contributed by atoms with E-state index in [2.05, 4.69) is 15.5 Å². The summed E-state index contributed by atoms with van der Waals surface area (Å²) in [5, 5.41) is 19.8. The van der Waals surface area contributed by atoms with Crippen molar-refractivity contribution in [3.8, 4) is 0 Å². The maximum absolute atomic E-state index is 8.63. The standard InChI is InChI=1S/C7H14N4O2/c1-13-6-3-7-8-9-10-11(7)4-2-5-12/h12H,2-6H2,1H3. The number of methoxy groups -OCH3 is 1. The van der Waals surface area contributed by atoms with Crippen LogP contribution in [0, 0.1) is 0 Å². The summed E-state index contributed by atoms with van der Waals surface area (Å²) in [6.07, 6.45) is 1.37. The van der Waals surface area contributed by atoms with E-state index in [4.69, 9.17) is 9.84 Å². The average Bonchev–Trinajstić information content (AvgIpc) is 2.59. The normalized spacial score (nSPS) is 10.6. The summed E-state index contributed by atoms with van der Waals surface area (Å²) in [6, 6.07) is 0. The quantitative estimate of drug-likeness (QED) is 0.632. The van der Waals surface area contributed by atoms with E-state index in [0.29, 0.717) is 26.0 Å². The summed E-state index contributed by atoms with van der Waals surface area (Å²) in [5.74, 6) is 0.801. The van der Waals surface area contributed by atoms with Crippen molar-refractivity contribution in [3.05, 3.63) is 5.82 Å². The van der Waals surface area contributed by atoms with E-state index < -0.39 is 0 Å². The molecule has 0 fully saturated rings. The lowest BCUT2D eigenvalue weighted by Gasteiger charge is -2.01. The minimum atomic E-state index is 0.156. The third kappa shape index (κ3) is 3.08. The van der Waals surface area contributed by atoms with Gasteiger partial charge in [0.25, 0.3) is 0 Å². The topological polar surface area (TPSA) is 73.1 Å². The van der Waals surface area contributed by atoms with Crippen molar-refractivity contribution in [2.24, 2.45) is 0 Å². The molecule has 0 unspecified atom stereocenters. The van der Waals surface area contributed by atoms with E-state index in [-0.39, 0.29) is 6.61 Å². The van der Waals surface area contributed by atoms with Crippen LogP contribution in [0.5, 0.6) is 0 Å². The Balaban J connectivity index is 2.45. The molecule has 13 heavy (non-hydrogen) atoms. The predicted molar refractivity (Wildman–Crippen MR) is 45.1 cm³/mol. The molecule has 1 aromatic rings. The number of hydrogen-bond acceptors (Lipinski definition) is 5. The van der Waals surface area contributed by atoms with E-state index in [1.165, 1.54) is 0 Å². The van der Waals surface area contributed by atoms with Gasteiger partial charge in [0.05, 0.1) is 6.61 Å². The first kappa shape index (κ1) is 10.1. The molecule has 0 aliphatic rings. The second-order valence-electron chi connectivity index (χ2n) is 2.64. The van der Waals surface area contributed by atoms with Gasteiger partial charge in [-0.1, -0.05) is 0 Å². The zero-order valence-electron chi connectivity index (χ0n) is 7.68. The maximum Gasteiger partial charge on any atom is 0.153 e. The predicted octanol–water partition coefficient (Wildman–Crippen LogP) is -0.756. The molecule has 0 aliphatic carbocycles. The van der Waals surface area contributed by atoms with Crippen LogP contribution in [0.15, 0.2) is 0 Å². The lowest BCUT2D eigenvalue weighted by atomic mass is 10.4. The van der Waals surface area contributed by atoms with Crippen LogP contribution in [0.1, 0.15) is 12.2 Å². The summed E-state index contributed by atoms with van der Waals surface area (Å²) < 4.78 is 6.61. The Kier molecular flexibility index (Phi) is 4.34. The molecule has 1 rings (SSSR count). The number of tetrazole rings is 1. The Morgan fingerprint density at radius 1 is 1.54 bits per heavy atom. The van der Waals surface area contributed by atoms with Gasteiger partial charge in [-0.3, -0.25) is 0 Å². The second kappa shape index (κ2) is 5.60. The van der Waals surface area contributed by atoms with Gasteiger partial charge in [0.15, 0.2) is 5.82 Å². The number of hydrogen-bond donors (Lipinski definition) is 1. The zero-order chi connectivity index (χ0) is 9.52. The number of nitrogens with zero attached hydrogens (tertiary/aromatic N) is 4. The fourth-order valence-electron chi connectivity index (χ4n) is 0.990. The SMILES string of the molecule is COCCc1nnnn1CCCO. The Bertz CT molecular complexity index is 216.